The second kappa shape index (κ2) is 8.60. The SMILES string of the molecule is CCOC(=O)N1CCCC(Nc2nc3ccccc3n2Cc2cscn2)CC1. The molecule has 3 aromatic rings. The number of ether oxygens (including phenoxy) is 1. The molecule has 1 atom stereocenters. The number of thiazole rings is 1. The highest BCUT2D eigenvalue weighted by Gasteiger charge is 2.23. The van der Waals surface area contributed by atoms with Crippen molar-refractivity contribution in [2.24, 2.45) is 0 Å². The minimum absolute atomic E-state index is 0.209. The lowest BCUT2D eigenvalue weighted by Crippen LogP contribution is -2.33. The Kier molecular flexibility index (Phi) is 5.76. The van der Waals surface area contributed by atoms with Crippen LogP contribution < -0.4 is 5.32 Å². The number of likely N-dealkylation sites (tertiary alicyclic amines) is 1. The van der Waals surface area contributed by atoms with Gasteiger partial charge >= 0.3 is 6.09 Å². The highest BCUT2D eigenvalue weighted by atomic mass is 32.1. The summed E-state index contributed by atoms with van der Waals surface area (Å²) in [7, 11) is 0. The average Bonchev–Trinajstić information content (AvgIpc) is 3.26. The van der Waals surface area contributed by atoms with Crippen LogP contribution in [0.3, 0.4) is 0 Å². The summed E-state index contributed by atoms with van der Waals surface area (Å²) >= 11 is 1.60. The monoisotopic (exact) mass is 399 g/mol. The molecule has 0 radical (unpaired) electrons. The molecule has 1 aliphatic rings. The van der Waals surface area contributed by atoms with E-state index in [1.54, 1.807) is 11.3 Å². The average molecular weight is 400 g/mol. The molecule has 1 aromatic carbocycles. The number of carbonyl (C=O) groups is 1. The van der Waals surface area contributed by atoms with Crippen molar-refractivity contribution in [3.63, 3.8) is 0 Å². The molecule has 4 rings (SSSR count). The maximum atomic E-state index is 12.0. The number of imidazole rings is 1. The van der Waals surface area contributed by atoms with Crippen LogP contribution in [0.4, 0.5) is 10.7 Å². The number of nitrogens with one attached hydrogen (secondary N) is 1. The topological polar surface area (TPSA) is 72.3 Å². The zero-order chi connectivity index (χ0) is 19.3. The third-order valence-electron chi connectivity index (χ3n) is 5.05. The van der Waals surface area contributed by atoms with Crippen LogP contribution in [0.2, 0.25) is 0 Å². The van der Waals surface area contributed by atoms with Crippen LogP contribution in [0.15, 0.2) is 35.2 Å². The van der Waals surface area contributed by atoms with Crippen molar-refractivity contribution >= 4 is 34.4 Å². The number of nitrogens with zero attached hydrogens (tertiary/aromatic N) is 4. The van der Waals surface area contributed by atoms with E-state index in [1.165, 1.54) is 0 Å². The van der Waals surface area contributed by atoms with Gasteiger partial charge in [0.1, 0.15) is 0 Å². The zero-order valence-corrected chi connectivity index (χ0v) is 16.8. The van der Waals surface area contributed by atoms with Gasteiger partial charge in [-0.25, -0.2) is 14.8 Å². The van der Waals surface area contributed by atoms with Crippen molar-refractivity contribution in [1.29, 1.82) is 0 Å². The third kappa shape index (κ3) is 4.11. The van der Waals surface area contributed by atoms with E-state index in [2.05, 4.69) is 26.3 Å². The van der Waals surface area contributed by atoms with E-state index in [9.17, 15) is 4.79 Å². The van der Waals surface area contributed by atoms with E-state index < -0.39 is 0 Å². The van der Waals surface area contributed by atoms with Gasteiger partial charge in [0.05, 0.1) is 35.4 Å². The fourth-order valence-electron chi connectivity index (χ4n) is 3.64. The predicted octanol–water partition coefficient (Wildman–Crippen LogP) is 3.96. The molecule has 0 bridgehead atoms. The number of carbonyl (C=O) groups excluding carboxylic acids is 1. The Balaban J connectivity index is 1.52. The summed E-state index contributed by atoms with van der Waals surface area (Å²) in [5.74, 6) is 0.865. The molecule has 3 heterocycles. The molecule has 1 fully saturated rings. The predicted molar refractivity (Wildman–Crippen MR) is 111 cm³/mol. The first-order valence-electron chi connectivity index (χ1n) is 9.75. The van der Waals surface area contributed by atoms with Gasteiger partial charge in [-0.1, -0.05) is 12.1 Å². The molecule has 2 aromatic heterocycles. The molecule has 1 aliphatic heterocycles. The smallest absolute Gasteiger partial charge is 0.409 e. The van der Waals surface area contributed by atoms with Gasteiger partial charge in [-0.15, -0.1) is 11.3 Å². The minimum Gasteiger partial charge on any atom is -0.450 e. The first kappa shape index (κ1) is 18.7. The molecular formula is C20H25N5O2S. The molecule has 0 aliphatic carbocycles. The summed E-state index contributed by atoms with van der Waals surface area (Å²) < 4.78 is 7.35. The minimum atomic E-state index is -0.209. The molecule has 1 N–H and O–H groups in total. The Hall–Kier alpha value is -2.61. The number of amides is 1. The van der Waals surface area contributed by atoms with E-state index in [0.29, 0.717) is 19.7 Å². The van der Waals surface area contributed by atoms with E-state index in [-0.39, 0.29) is 12.1 Å². The number of hydrogen-bond acceptors (Lipinski definition) is 6. The van der Waals surface area contributed by atoms with Crippen molar-refractivity contribution in [3.05, 3.63) is 40.8 Å². The Morgan fingerprint density at radius 3 is 3.04 bits per heavy atom. The Bertz CT molecular complexity index is 924. The first-order valence-corrected chi connectivity index (χ1v) is 10.7. The van der Waals surface area contributed by atoms with Gasteiger partial charge in [-0.3, -0.25) is 0 Å². The van der Waals surface area contributed by atoms with Crippen molar-refractivity contribution in [2.45, 2.75) is 38.8 Å². The van der Waals surface area contributed by atoms with Crippen LogP contribution in [0.5, 0.6) is 0 Å². The van der Waals surface area contributed by atoms with Crippen LogP contribution in [0.1, 0.15) is 31.9 Å². The van der Waals surface area contributed by atoms with Crippen LogP contribution >= 0.6 is 11.3 Å². The zero-order valence-electron chi connectivity index (χ0n) is 16.0. The van der Waals surface area contributed by atoms with E-state index in [0.717, 1.165) is 48.5 Å². The third-order valence-corrected chi connectivity index (χ3v) is 5.68. The van der Waals surface area contributed by atoms with Gasteiger partial charge in [0.15, 0.2) is 0 Å². The molecule has 28 heavy (non-hydrogen) atoms. The number of hydrogen-bond donors (Lipinski definition) is 1. The van der Waals surface area contributed by atoms with Crippen molar-refractivity contribution < 1.29 is 9.53 Å². The van der Waals surface area contributed by atoms with Crippen LogP contribution in [-0.4, -0.2) is 51.3 Å². The quantitative estimate of drug-likeness (QED) is 0.703. The lowest BCUT2D eigenvalue weighted by molar-refractivity contribution is 0.108. The van der Waals surface area contributed by atoms with Crippen LogP contribution in [-0.2, 0) is 11.3 Å². The van der Waals surface area contributed by atoms with Gasteiger partial charge in [0.2, 0.25) is 5.95 Å². The lowest BCUT2D eigenvalue weighted by atomic mass is 10.1. The maximum Gasteiger partial charge on any atom is 0.409 e. The molecule has 0 saturated carbocycles. The molecule has 148 valence electrons. The van der Waals surface area contributed by atoms with Crippen molar-refractivity contribution in [1.82, 2.24) is 19.4 Å². The fourth-order valence-corrected chi connectivity index (χ4v) is 4.19. The summed E-state index contributed by atoms with van der Waals surface area (Å²) in [4.78, 5) is 23.1. The van der Waals surface area contributed by atoms with Gasteiger partial charge in [0, 0.05) is 24.5 Å². The Labute approximate surface area is 168 Å². The number of para-hydroxylation sites is 2. The number of anilines is 1. The Morgan fingerprint density at radius 1 is 1.32 bits per heavy atom. The summed E-state index contributed by atoms with van der Waals surface area (Å²) in [5, 5.41) is 5.70. The molecule has 0 spiro atoms. The van der Waals surface area contributed by atoms with Crippen molar-refractivity contribution in [2.75, 3.05) is 25.0 Å². The van der Waals surface area contributed by atoms with Crippen LogP contribution in [0.25, 0.3) is 11.0 Å². The molecule has 8 heteroatoms. The van der Waals surface area contributed by atoms with Crippen LogP contribution in [0, 0.1) is 0 Å². The maximum absolute atomic E-state index is 12.0. The number of rotatable bonds is 5. The standard InChI is InChI=1S/C20H25N5O2S/c1-2-27-20(26)24-10-5-6-15(9-11-24)22-19-23-17-7-3-4-8-18(17)25(19)12-16-13-28-14-21-16/h3-4,7-8,13-15H,2,5-6,9-12H2,1H3,(H,22,23). The van der Waals surface area contributed by atoms with Gasteiger partial charge in [-0.2, -0.15) is 0 Å². The molecule has 1 saturated heterocycles. The van der Waals surface area contributed by atoms with E-state index in [1.807, 2.05) is 35.5 Å². The number of benzene rings is 1. The van der Waals surface area contributed by atoms with Crippen molar-refractivity contribution in [3.8, 4) is 0 Å². The summed E-state index contributed by atoms with van der Waals surface area (Å²) in [6.07, 6.45) is 2.61. The molecule has 1 amide bonds. The lowest BCUT2D eigenvalue weighted by Gasteiger charge is -2.20. The second-order valence-corrected chi connectivity index (χ2v) is 7.67. The Morgan fingerprint density at radius 2 is 2.21 bits per heavy atom. The second-order valence-electron chi connectivity index (χ2n) is 6.95. The number of fused-ring (bicyclic) bond motifs is 1. The molecule has 7 nitrogen and oxygen atoms in total. The van der Waals surface area contributed by atoms with Gasteiger partial charge in [0.25, 0.3) is 0 Å². The molecular weight excluding hydrogens is 374 g/mol. The van der Waals surface area contributed by atoms with E-state index in [4.69, 9.17) is 9.72 Å². The first-order chi connectivity index (χ1) is 13.7. The summed E-state index contributed by atoms with van der Waals surface area (Å²) in [6.45, 7) is 4.38. The van der Waals surface area contributed by atoms with Gasteiger partial charge < -0.3 is 19.5 Å². The van der Waals surface area contributed by atoms with Gasteiger partial charge in [-0.05, 0) is 38.3 Å². The molecule has 1 unspecified atom stereocenters. The largest absolute Gasteiger partial charge is 0.450 e. The summed E-state index contributed by atoms with van der Waals surface area (Å²) in [6, 6.07) is 8.44. The highest BCUT2D eigenvalue weighted by Crippen LogP contribution is 2.24. The highest BCUT2D eigenvalue weighted by molar-refractivity contribution is 7.07. The fraction of sp³-hybridized carbons (Fsp3) is 0.450. The normalized spacial score (nSPS) is 17.5. The number of aromatic nitrogens is 3. The summed E-state index contributed by atoms with van der Waals surface area (Å²) in [5.41, 5.74) is 4.96. The van der Waals surface area contributed by atoms with E-state index >= 15 is 0 Å².